The van der Waals surface area contributed by atoms with Gasteiger partial charge < -0.3 is 9.72 Å². The van der Waals surface area contributed by atoms with Crippen LogP contribution in [0.4, 0.5) is 0 Å². The maximum absolute atomic E-state index is 6.04. The standard InChI is InChI=1S/C23H23NO/c1-3-14-23(20-16-24-21-12-8-7-11-19(20)21)15-13-18(22(23)25-2)17-9-5-4-6-10-17/h3-12,16,24H,1,13-15H2,2H3. The molecule has 0 bridgehead atoms. The molecule has 2 aromatic carbocycles. The highest BCUT2D eigenvalue weighted by Gasteiger charge is 2.44. The van der Waals surface area contributed by atoms with Crippen LogP contribution in [-0.2, 0) is 10.2 Å². The minimum absolute atomic E-state index is 0.152. The highest BCUT2D eigenvalue weighted by atomic mass is 16.5. The lowest BCUT2D eigenvalue weighted by molar-refractivity contribution is 0.227. The average Bonchev–Trinajstić information content (AvgIpc) is 3.25. The van der Waals surface area contributed by atoms with E-state index >= 15 is 0 Å². The van der Waals surface area contributed by atoms with Gasteiger partial charge in [-0.2, -0.15) is 0 Å². The maximum Gasteiger partial charge on any atom is 0.110 e. The Hall–Kier alpha value is -2.74. The number of fused-ring (bicyclic) bond motifs is 1. The van der Waals surface area contributed by atoms with E-state index in [1.807, 2.05) is 6.08 Å². The van der Waals surface area contributed by atoms with E-state index in [-0.39, 0.29) is 5.41 Å². The Kier molecular flexibility index (Phi) is 3.96. The van der Waals surface area contributed by atoms with Crippen LogP contribution in [0.1, 0.15) is 30.4 Å². The summed E-state index contributed by atoms with van der Waals surface area (Å²) in [4.78, 5) is 3.44. The molecule has 0 spiro atoms. The molecule has 0 fully saturated rings. The van der Waals surface area contributed by atoms with Gasteiger partial charge in [-0.05, 0) is 42.0 Å². The Labute approximate surface area is 148 Å². The third-order valence-corrected chi connectivity index (χ3v) is 5.43. The summed E-state index contributed by atoms with van der Waals surface area (Å²) in [6.07, 6.45) is 7.10. The summed E-state index contributed by atoms with van der Waals surface area (Å²) in [6.45, 7) is 4.04. The molecule has 0 amide bonds. The zero-order valence-corrected chi connectivity index (χ0v) is 14.6. The third-order valence-electron chi connectivity index (χ3n) is 5.43. The van der Waals surface area contributed by atoms with Gasteiger partial charge in [0.25, 0.3) is 0 Å². The topological polar surface area (TPSA) is 25.0 Å². The van der Waals surface area contributed by atoms with Crippen LogP contribution in [-0.4, -0.2) is 12.1 Å². The molecule has 1 unspecified atom stereocenters. The van der Waals surface area contributed by atoms with Gasteiger partial charge in [-0.25, -0.2) is 0 Å². The molecule has 25 heavy (non-hydrogen) atoms. The lowest BCUT2D eigenvalue weighted by Gasteiger charge is -2.30. The molecule has 1 aliphatic rings. The van der Waals surface area contributed by atoms with E-state index in [1.54, 1.807) is 7.11 Å². The fraction of sp³-hybridized carbons (Fsp3) is 0.217. The van der Waals surface area contributed by atoms with Gasteiger partial charge in [0.1, 0.15) is 5.76 Å². The lowest BCUT2D eigenvalue weighted by Crippen LogP contribution is -2.26. The van der Waals surface area contributed by atoms with Gasteiger partial charge in [-0.3, -0.25) is 0 Å². The molecular weight excluding hydrogens is 306 g/mol. The van der Waals surface area contributed by atoms with Crippen LogP contribution in [0, 0.1) is 0 Å². The van der Waals surface area contributed by atoms with Crippen LogP contribution in [0.2, 0.25) is 0 Å². The van der Waals surface area contributed by atoms with E-state index in [4.69, 9.17) is 4.74 Å². The van der Waals surface area contributed by atoms with Crippen LogP contribution >= 0.6 is 0 Å². The van der Waals surface area contributed by atoms with Crippen LogP contribution in [0.15, 0.2) is 79.2 Å². The molecule has 1 N–H and O–H groups in total. The van der Waals surface area contributed by atoms with Crippen molar-refractivity contribution < 1.29 is 4.74 Å². The number of aromatic amines is 1. The predicted molar refractivity (Wildman–Crippen MR) is 104 cm³/mol. The SMILES string of the molecule is C=CCC1(c2c[nH]c3ccccc23)CCC(c2ccccc2)=C1OC. The number of ether oxygens (including phenoxy) is 1. The molecule has 2 nitrogen and oxygen atoms in total. The van der Waals surface area contributed by atoms with Gasteiger partial charge >= 0.3 is 0 Å². The van der Waals surface area contributed by atoms with Crippen LogP contribution in [0.25, 0.3) is 16.5 Å². The van der Waals surface area contributed by atoms with Crippen LogP contribution < -0.4 is 0 Å². The normalized spacial score (nSPS) is 20.2. The number of hydrogen-bond donors (Lipinski definition) is 1. The zero-order valence-electron chi connectivity index (χ0n) is 14.6. The third kappa shape index (κ3) is 2.41. The molecule has 0 saturated heterocycles. The molecular formula is C23H23NO. The molecule has 0 aliphatic heterocycles. The molecule has 0 saturated carbocycles. The van der Waals surface area contributed by atoms with Gasteiger partial charge in [0.05, 0.1) is 12.5 Å². The van der Waals surface area contributed by atoms with E-state index in [0.717, 1.165) is 25.0 Å². The van der Waals surface area contributed by atoms with E-state index in [0.29, 0.717) is 0 Å². The van der Waals surface area contributed by atoms with Crippen molar-refractivity contribution >= 4 is 16.5 Å². The molecule has 2 heteroatoms. The second-order valence-electron chi connectivity index (χ2n) is 6.70. The zero-order chi connectivity index (χ0) is 17.3. The number of para-hydroxylation sites is 1. The lowest BCUT2D eigenvalue weighted by atomic mass is 9.75. The van der Waals surface area contributed by atoms with Gasteiger partial charge in [0.2, 0.25) is 0 Å². The molecule has 3 aromatic rings. The van der Waals surface area contributed by atoms with Gasteiger partial charge in [-0.15, -0.1) is 6.58 Å². The van der Waals surface area contributed by atoms with Crippen molar-refractivity contribution in [1.82, 2.24) is 4.98 Å². The minimum Gasteiger partial charge on any atom is -0.500 e. The fourth-order valence-electron chi connectivity index (χ4n) is 4.36. The minimum atomic E-state index is -0.152. The van der Waals surface area contributed by atoms with Crippen LogP contribution in [0.5, 0.6) is 0 Å². The number of allylic oxidation sites excluding steroid dienone is 3. The fourth-order valence-corrected chi connectivity index (χ4v) is 4.36. The van der Waals surface area contributed by atoms with Crippen molar-refractivity contribution in [2.75, 3.05) is 7.11 Å². The Morgan fingerprint density at radius 3 is 2.64 bits per heavy atom. The monoisotopic (exact) mass is 329 g/mol. The summed E-state index contributed by atoms with van der Waals surface area (Å²) in [6, 6.07) is 19.1. The number of H-pyrrole nitrogens is 1. The summed E-state index contributed by atoms with van der Waals surface area (Å²) >= 11 is 0. The Morgan fingerprint density at radius 2 is 1.88 bits per heavy atom. The largest absolute Gasteiger partial charge is 0.500 e. The van der Waals surface area contributed by atoms with Crippen molar-refractivity contribution in [3.05, 3.63) is 90.3 Å². The number of hydrogen-bond acceptors (Lipinski definition) is 1. The van der Waals surface area contributed by atoms with Crippen molar-refractivity contribution in [3.8, 4) is 0 Å². The van der Waals surface area contributed by atoms with Crippen molar-refractivity contribution in [2.45, 2.75) is 24.7 Å². The van der Waals surface area contributed by atoms with Gasteiger partial charge in [-0.1, -0.05) is 54.6 Å². The molecule has 0 radical (unpaired) electrons. The average molecular weight is 329 g/mol. The number of benzene rings is 2. The second-order valence-corrected chi connectivity index (χ2v) is 6.70. The highest BCUT2D eigenvalue weighted by Crippen LogP contribution is 2.52. The number of aromatic nitrogens is 1. The first-order valence-electron chi connectivity index (χ1n) is 8.80. The Balaban J connectivity index is 1.95. The highest BCUT2D eigenvalue weighted by molar-refractivity contribution is 5.86. The summed E-state index contributed by atoms with van der Waals surface area (Å²) in [5.41, 5.74) is 4.90. The predicted octanol–water partition coefficient (Wildman–Crippen LogP) is 5.83. The smallest absolute Gasteiger partial charge is 0.110 e. The van der Waals surface area contributed by atoms with Gasteiger partial charge in [0, 0.05) is 17.1 Å². The first kappa shape index (κ1) is 15.8. The van der Waals surface area contributed by atoms with Crippen molar-refractivity contribution in [3.63, 3.8) is 0 Å². The summed E-state index contributed by atoms with van der Waals surface area (Å²) in [5, 5.41) is 1.27. The molecule has 126 valence electrons. The molecule has 1 heterocycles. The first-order valence-corrected chi connectivity index (χ1v) is 8.80. The summed E-state index contributed by atoms with van der Waals surface area (Å²) in [5.74, 6) is 1.09. The van der Waals surface area contributed by atoms with E-state index in [9.17, 15) is 0 Å². The second kappa shape index (κ2) is 6.29. The first-order chi connectivity index (χ1) is 12.3. The van der Waals surface area contributed by atoms with Crippen molar-refractivity contribution in [2.24, 2.45) is 0 Å². The molecule has 1 aliphatic carbocycles. The van der Waals surface area contributed by atoms with E-state index in [1.165, 1.54) is 27.6 Å². The van der Waals surface area contributed by atoms with Crippen LogP contribution in [0.3, 0.4) is 0 Å². The van der Waals surface area contributed by atoms with E-state index in [2.05, 4.69) is 72.4 Å². The molecule has 4 rings (SSSR count). The number of nitrogens with one attached hydrogen (secondary N) is 1. The number of methoxy groups -OCH3 is 1. The van der Waals surface area contributed by atoms with Gasteiger partial charge in [0.15, 0.2) is 0 Å². The molecule has 1 aromatic heterocycles. The van der Waals surface area contributed by atoms with Crippen molar-refractivity contribution in [1.29, 1.82) is 0 Å². The molecule has 1 atom stereocenters. The Bertz CT molecular complexity index is 935. The quantitative estimate of drug-likeness (QED) is 0.585. The Morgan fingerprint density at radius 1 is 1.12 bits per heavy atom. The van der Waals surface area contributed by atoms with E-state index < -0.39 is 0 Å². The maximum atomic E-state index is 6.04. The summed E-state index contributed by atoms with van der Waals surface area (Å²) in [7, 11) is 1.80. The number of rotatable bonds is 5. The summed E-state index contributed by atoms with van der Waals surface area (Å²) < 4.78 is 6.04.